The normalized spacial score (nSPS) is 12.0. The molecule has 1 aromatic carbocycles. The summed E-state index contributed by atoms with van der Waals surface area (Å²) < 4.78 is 1.75. The Morgan fingerprint density at radius 1 is 1.45 bits per heavy atom. The van der Waals surface area contributed by atoms with Crippen molar-refractivity contribution in [3.8, 4) is 0 Å². The number of thiazole rings is 1. The van der Waals surface area contributed by atoms with Gasteiger partial charge in [0.05, 0.1) is 23.4 Å². The second-order valence-corrected chi connectivity index (χ2v) is 5.67. The summed E-state index contributed by atoms with van der Waals surface area (Å²) in [7, 11) is 0. The van der Waals surface area contributed by atoms with Crippen molar-refractivity contribution in [1.29, 1.82) is 0 Å². The topological polar surface area (TPSA) is 72.8 Å². The summed E-state index contributed by atoms with van der Waals surface area (Å²) in [5.74, 6) is 0. The van der Waals surface area contributed by atoms with E-state index in [-0.39, 0.29) is 5.69 Å². The molecule has 6 nitrogen and oxygen atoms in total. The van der Waals surface area contributed by atoms with Gasteiger partial charge in [0, 0.05) is 17.5 Å². The number of nitro benzene ring substituents is 1. The lowest BCUT2D eigenvalue weighted by molar-refractivity contribution is -0.384. The zero-order chi connectivity index (χ0) is 16.1. The van der Waals surface area contributed by atoms with E-state index in [0.29, 0.717) is 6.54 Å². The van der Waals surface area contributed by atoms with Crippen LogP contribution in [0.4, 0.5) is 5.69 Å². The van der Waals surface area contributed by atoms with Crippen molar-refractivity contribution in [1.82, 2.24) is 4.68 Å². The first-order valence-corrected chi connectivity index (χ1v) is 7.46. The molecule has 2 rings (SSSR count). The van der Waals surface area contributed by atoms with Crippen LogP contribution in [0.3, 0.4) is 0 Å². The Kier molecular flexibility index (Phi) is 5.00. The van der Waals surface area contributed by atoms with Crippen LogP contribution in [-0.2, 0) is 0 Å². The fraction of sp³-hybridized carbons (Fsp3) is 0.200. The number of rotatable bonds is 5. The largest absolute Gasteiger partial charge is 0.269 e. The summed E-state index contributed by atoms with van der Waals surface area (Å²) in [6.07, 6.45) is 1.66. The summed E-state index contributed by atoms with van der Waals surface area (Å²) in [6, 6.07) is 6.24. The zero-order valence-corrected chi connectivity index (χ0v) is 13.2. The summed E-state index contributed by atoms with van der Waals surface area (Å²) in [5, 5.41) is 17.0. The summed E-state index contributed by atoms with van der Waals surface area (Å²) in [5.41, 5.74) is 2.81. The molecule has 0 aliphatic heterocycles. The number of nitrogens with zero attached hydrogens (tertiary/aromatic N) is 4. The Labute approximate surface area is 131 Å². The van der Waals surface area contributed by atoms with E-state index in [1.807, 2.05) is 19.2 Å². The summed E-state index contributed by atoms with van der Waals surface area (Å²) >= 11 is 1.51. The standard InChI is InChI=1S/C15H16N4O2S/c1-11(2)8-16-15-18(12(3)10-22-15)17-9-13-4-6-14(7-5-13)19(20)21/h4-7,9-10H,1,8H2,2-3H3. The molecule has 114 valence electrons. The molecule has 0 saturated heterocycles. The highest BCUT2D eigenvalue weighted by Gasteiger charge is 2.03. The van der Waals surface area contributed by atoms with E-state index in [4.69, 9.17) is 0 Å². The van der Waals surface area contributed by atoms with Gasteiger partial charge >= 0.3 is 0 Å². The van der Waals surface area contributed by atoms with Gasteiger partial charge in [0.2, 0.25) is 4.80 Å². The van der Waals surface area contributed by atoms with E-state index in [2.05, 4.69) is 16.7 Å². The maximum atomic E-state index is 10.6. The molecule has 1 heterocycles. The van der Waals surface area contributed by atoms with Crippen LogP contribution in [0.15, 0.2) is 51.9 Å². The minimum absolute atomic E-state index is 0.0636. The van der Waals surface area contributed by atoms with Crippen LogP contribution in [0.25, 0.3) is 0 Å². The van der Waals surface area contributed by atoms with Crippen molar-refractivity contribution < 1.29 is 4.92 Å². The second-order valence-electron chi connectivity index (χ2n) is 4.84. The second kappa shape index (κ2) is 6.95. The third kappa shape index (κ3) is 3.98. The number of benzene rings is 1. The minimum atomic E-state index is -0.423. The van der Waals surface area contributed by atoms with Crippen molar-refractivity contribution in [2.24, 2.45) is 10.1 Å². The Morgan fingerprint density at radius 3 is 2.73 bits per heavy atom. The van der Waals surface area contributed by atoms with Gasteiger partial charge in [-0.25, -0.2) is 4.68 Å². The third-order valence-corrected chi connectivity index (χ3v) is 3.73. The highest BCUT2D eigenvalue weighted by molar-refractivity contribution is 7.07. The van der Waals surface area contributed by atoms with Crippen LogP contribution < -0.4 is 4.80 Å². The van der Waals surface area contributed by atoms with Gasteiger partial charge in [0.15, 0.2) is 0 Å². The molecule has 0 aliphatic rings. The van der Waals surface area contributed by atoms with Gasteiger partial charge in [0.25, 0.3) is 5.69 Å². The molecule has 0 aliphatic carbocycles. The Bertz CT molecular complexity index is 785. The fourth-order valence-electron chi connectivity index (χ4n) is 1.64. The van der Waals surface area contributed by atoms with Crippen molar-refractivity contribution in [2.45, 2.75) is 13.8 Å². The number of non-ortho nitro benzene ring substituents is 1. The van der Waals surface area contributed by atoms with Gasteiger partial charge in [-0.15, -0.1) is 11.3 Å². The monoisotopic (exact) mass is 316 g/mol. The molecule has 0 radical (unpaired) electrons. The third-order valence-electron chi connectivity index (χ3n) is 2.76. The van der Waals surface area contributed by atoms with Gasteiger partial charge in [-0.1, -0.05) is 12.2 Å². The van der Waals surface area contributed by atoms with Gasteiger partial charge < -0.3 is 0 Å². The van der Waals surface area contributed by atoms with Crippen molar-refractivity contribution in [3.05, 3.63) is 68.0 Å². The number of hydrogen-bond acceptors (Lipinski definition) is 5. The highest BCUT2D eigenvalue weighted by Crippen LogP contribution is 2.10. The van der Waals surface area contributed by atoms with Crippen molar-refractivity contribution >= 4 is 23.2 Å². The van der Waals surface area contributed by atoms with Crippen molar-refractivity contribution in [2.75, 3.05) is 6.54 Å². The Hall–Kier alpha value is -2.54. The predicted octanol–water partition coefficient (Wildman–Crippen LogP) is 3.13. The molecule has 0 spiro atoms. The maximum absolute atomic E-state index is 10.6. The molecule has 22 heavy (non-hydrogen) atoms. The smallest absolute Gasteiger partial charge is 0.258 e. The fourth-order valence-corrected chi connectivity index (χ4v) is 2.45. The SMILES string of the molecule is C=C(C)CN=c1scc(C)n1N=Cc1ccc([N+](=O)[O-])cc1. The number of aromatic nitrogens is 1. The van der Waals surface area contributed by atoms with E-state index in [1.54, 1.807) is 23.0 Å². The average Bonchev–Trinajstić information content (AvgIpc) is 2.83. The molecule has 0 bridgehead atoms. The quantitative estimate of drug-likeness (QED) is 0.368. The number of nitro groups is 1. The van der Waals surface area contributed by atoms with Gasteiger partial charge in [-0.2, -0.15) is 5.10 Å². The molecule has 0 amide bonds. The summed E-state index contributed by atoms with van der Waals surface area (Å²) in [6.45, 7) is 8.27. The zero-order valence-electron chi connectivity index (χ0n) is 12.4. The van der Waals surface area contributed by atoms with Crippen LogP contribution in [0.1, 0.15) is 18.2 Å². The predicted molar refractivity (Wildman–Crippen MR) is 88.4 cm³/mol. The lowest BCUT2D eigenvalue weighted by atomic mass is 10.2. The molecule has 7 heteroatoms. The van der Waals surface area contributed by atoms with E-state index in [9.17, 15) is 10.1 Å². The van der Waals surface area contributed by atoms with Crippen LogP contribution in [0, 0.1) is 17.0 Å². The van der Waals surface area contributed by atoms with Crippen LogP contribution in [-0.4, -0.2) is 22.4 Å². The van der Waals surface area contributed by atoms with E-state index in [1.165, 1.54) is 23.5 Å². The maximum Gasteiger partial charge on any atom is 0.269 e. The van der Waals surface area contributed by atoms with Crippen LogP contribution in [0.2, 0.25) is 0 Å². The van der Waals surface area contributed by atoms with Gasteiger partial charge in [-0.05, 0) is 31.5 Å². The average molecular weight is 316 g/mol. The lowest BCUT2D eigenvalue weighted by Crippen LogP contribution is -2.13. The first-order chi connectivity index (χ1) is 10.5. The Balaban J connectivity index is 2.26. The molecular weight excluding hydrogens is 300 g/mol. The van der Waals surface area contributed by atoms with Gasteiger partial charge in [-0.3, -0.25) is 15.1 Å². The lowest BCUT2D eigenvalue weighted by Gasteiger charge is -1.98. The number of hydrogen-bond donors (Lipinski definition) is 0. The molecule has 2 aromatic rings. The number of aryl methyl sites for hydroxylation is 1. The van der Waals surface area contributed by atoms with Gasteiger partial charge in [0.1, 0.15) is 0 Å². The van der Waals surface area contributed by atoms with Crippen LogP contribution >= 0.6 is 11.3 Å². The first kappa shape index (κ1) is 15.8. The van der Waals surface area contributed by atoms with Crippen LogP contribution in [0.5, 0.6) is 0 Å². The minimum Gasteiger partial charge on any atom is -0.258 e. The highest BCUT2D eigenvalue weighted by atomic mass is 32.1. The molecular formula is C15H16N4O2S. The Morgan fingerprint density at radius 2 is 2.14 bits per heavy atom. The molecule has 1 aromatic heterocycles. The molecule has 0 unspecified atom stereocenters. The first-order valence-electron chi connectivity index (χ1n) is 6.58. The van der Waals surface area contributed by atoms with E-state index < -0.39 is 4.92 Å². The molecule has 0 saturated carbocycles. The molecule has 0 fully saturated rings. The molecule has 0 N–H and O–H groups in total. The summed E-state index contributed by atoms with van der Waals surface area (Å²) in [4.78, 5) is 15.4. The van der Waals surface area contributed by atoms with Crippen molar-refractivity contribution in [3.63, 3.8) is 0 Å². The van der Waals surface area contributed by atoms with E-state index >= 15 is 0 Å². The molecule has 0 atom stereocenters. The van der Waals surface area contributed by atoms with E-state index in [0.717, 1.165) is 21.6 Å².